The molecule has 0 aliphatic carbocycles. The van der Waals surface area contributed by atoms with Gasteiger partial charge in [0.2, 0.25) is 0 Å². The monoisotopic (exact) mass is 1350 g/mol. The van der Waals surface area contributed by atoms with Gasteiger partial charge in [0, 0.05) is 45.5 Å². The van der Waals surface area contributed by atoms with Crippen LogP contribution in [0.25, 0.3) is 0 Å². The first kappa shape index (κ1) is 89.8. The molecule has 5 atom stereocenters. The maximum atomic E-state index is 13.0. The second-order valence-corrected chi connectivity index (χ2v) is 28.0. The van der Waals surface area contributed by atoms with E-state index in [-0.39, 0.29) is 26.2 Å². The molecule has 0 aromatic rings. The van der Waals surface area contributed by atoms with Crippen LogP contribution >= 0.6 is 15.6 Å². The summed E-state index contributed by atoms with van der Waals surface area (Å²) < 4.78 is 70.4. The second kappa shape index (κ2) is 71.5. The third-order valence-corrected chi connectivity index (χ3v) is 18.0. The molecular formula is C73H136O17P2. The molecular weight excluding hydrogens is 1210 g/mol. The Balaban J connectivity index is 5.09. The molecule has 3 N–H and O–H groups in total. The zero-order chi connectivity index (χ0) is 67.0. The van der Waals surface area contributed by atoms with Crippen molar-refractivity contribution >= 4 is 40.5 Å². The van der Waals surface area contributed by atoms with Crippen LogP contribution in [0.15, 0.2) is 36.5 Å². The van der Waals surface area contributed by atoms with Crippen LogP contribution in [0.4, 0.5) is 0 Å². The maximum absolute atomic E-state index is 13.0. The number of rotatable bonds is 77. The second-order valence-electron chi connectivity index (χ2n) is 25.1. The van der Waals surface area contributed by atoms with Gasteiger partial charge in [-0.3, -0.25) is 22.9 Å². The van der Waals surface area contributed by atoms with Crippen LogP contribution in [-0.4, -0.2) is 117 Å². The van der Waals surface area contributed by atoms with Crippen molar-refractivity contribution in [3.05, 3.63) is 36.5 Å². The summed E-state index contributed by atoms with van der Waals surface area (Å²) in [5, 5.41) is 10.6. The molecule has 0 radical (unpaired) electrons. The van der Waals surface area contributed by atoms with Crippen LogP contribution in [0.5, 0.6) is 0 Å². The smallest absolute Gasteiger partial charge is 0.457 e. The minimum atomic E-state index is -4.82. The molecule has 540 valence electrons. The lowest BCUT2D eigenvalue weighted by Crippen LogP contribution is -2.29. The molecule has 0 saturated carbocycles. The zero-order valence-electron chi connectivity index (χ0n) is 58.1. The zero-order valence-corrected chi connectivity index (χ0v) is 59.9. The van der Waals surface area contributed by atoms with E-state index in [2.05, 4.69) is 43.4 Å². The van der Waals surface area contributed by atoms with Crippen molar-refractivity contribution in [3.63, 3.8) is 0 Å². The van der Waals surface area contributed by atoms with E-state index < -0.39 is 59.7 Å². The molecule has 17 nitrogen and oxygen atoms in total. The summed E-state index contributed by atoms with van der Waals surface area (Å²) in [6.45, 7) is 1.33. The summed E-state index contributed by atoms with van der Waals surface area (Å²) in [4.78, 5) is 65.6. The average Bonchev–Trinajstić information content (AvgIpc) is 3.24. The fraction of sp³-hybridized carbons (Fsp3) is 0.863. The van der Waals surface area contributed by atoms with E-state index in [9.17, 15) is 43.2 Å². The highest BCUT2D eigenvalue weighted by atomic mass is 31.2. The number of allylic oxidation sites excluding steroid dienone is 6. The standard InChI is InChI=1S/C73H136O17P2/c1-2-3-4-5-6-7-8-15-22-29-36-43-50-57-73(78)90-72(67-84-62-55-48-41-34-27-20-13-10-17-24-31-38-45-52-59-75)69-89-92(81,82)87-65-70(77)64-86-91(79,80)88-68-71(85-63-56-49-42-35-28-21-14-11-18-25-32-39-46-53-60-76)66-83-61-54-47-40-33-26-19-12-9-16-23-30-37-44-51-58-74/h9-14,58-60,70-72,77H,2-8,15-57,61-69H2,1H3,(H,79,80)(H,81,82)/b12-9-,13-10-,14-11-/t70-,71-,72-/m1/s1. The lowest BCUT2D eigenvalue weighted by Gasteiger charge is -2.21. The van der Waals surface area contributed by atoms with E-state index >= 15 is 0 Å². The molecule has 0 aliphatic rings. The van der Waals surface area contributed by atoms with Gasteiger partial charge in [-0.25, -0.2) is 9.13 Å². The fourth-order valence-electron chi connectivity index (χ4n) is 10.4. The van der Waals surface area contributed by atoms with E-state index in [1.165, 1.54) is 70.6 Å². The van der Waals surface area contributed by atoms with Crippen LogP contribution in [0.3, 0.4) is 0 Å². The van der Waals surface area contributed by atoms with Crippen molar-refractivity contribution < 1.29 is 80.2 Å². The van der Waals surface area contributed by atoms with Crippen molar-refractivity contribution in [2.24, 2.45) is 0 Å². The van der Waals surface area contributed by atoms with Gasteiger partial charge in [-0.2, -0.15) is 0 Å². The topological polar surface area (TPSA) is 237 Å². The average molecular weight is 1350 g/mol. The number of aldehydes is 3. The summed E-state index contributed by atoms with van der Waals surface area (Å²) in [5.74, 6) is -0.451. The highest BCUT2D eigenvalue weighted by Gasteiger charge is 2.29. The molecule has 0 bridgehead atoms. The number of unbranched alkanes of at least 4 members (excludes halogenated alkanes) is 42. The van der Waals surface area contributed by atoms with Gasteiger partial charge in [-0.05, 0) is 122 Å². The van der Waals surface area contributed by atoms with Gasteiger partial charge in [0.25, 0.3) is 0 Å². The molecule has 92 heavy (non-hydrogen) atoms. The van der Waals surface area contributed by atoms with Crippen LogP contribution in [-0.2, 0) is 65.4 Å². The number of aliphatic hydroxyl groups excluding tert-OH is 1. The predicted molar refractivity (Wildman–Crippen MR) is 373 cm³/mol. The van der Waals surface area contributed by atoms with E-state index in [0.717, 1.165) is 237 Å². The minimum absolute atomic E-state index is 0.0501. The van der Waals surface area contributed by atoms with Crippen molar-refractivity contribution in [2.45, 2.75) is 346 Å². The fourth-order valence-corrected chi connectivity index (χ4v) is 12.0. The van der Waals surface area contributed by atoms with Gasteiger partial charge in [0.15, 0.2) is 0 Å². The summed E-state index contributed by atoms with van der Waals surface area (Å²) in [6, 6.07) is 0. The van der Waals surface area contributed by atoms with Crippen LogP contribution in [0.2, 0.25) is 0 Å². The number of hydrogen-bond acceptors (Lipinski definition) is 15. The van der Waals surface area contributed by atoms with E-state index in [1.807, 2.05) is 0 Å². The van der Waals surface area contributed by atoms with Crippen molar-refractivity contribution in [3.8, 4) is 0 Å². The molecule has 0 spiro atoms. The number of phosphoric ester groups is 2. The molecule has 0 saturated heterocycles. The van der Waals surface area contributed by atoms with Gasteiger partial charge < -0.3 is 48.2 Å². The first-order valence-electron chi connectivity index (χ1n) is 37.1. The summed E-state index contributed by atoms with van der Waals surface area (Å²) in [6.07, 6.45) is 65.9. The molecule has 2 unspecified atom stereocenters. The lowest BCUT2D eigenvalue weighted by atomic mass is 10.0. The molecule has 0 aromatic carbocycles. The van der Waals surface area contributed by atoms with Gasteiger partial charge >= 0.3 is 21.6 Å². The highest BCUT2D eigenvalue weighted by molar-refractivity contribution is 7.47. The molecule has 0 aliphatic heterocycles. The number of phosphoric acid groups is 2. The SMILES string of the molecule is CCCCCCCCCCCCCCCC(=O)O[C@H](COCCCCCCC/C=C\CCCCCCC=O)COP(=O)(O)OC[C@H](O)COP(=O)(O)OC[C@@H](COCCCCCCC/C=C\CCCCCCC=O)OCCCCCCC/C=C\CCCCCCC=O. The third kappa shape index (κ3) is 70.6. The Bertz CT molecular complexity index is 1800. The number of hydrogen-bond donors (Lipinski definition) is 3. The predicted octanol–water partition coefficient (Wildman–Crippen LogP) is 19.7. The Labute approximate surface area is 560 Å². The largest absolute Gasteiger partial charge is 0.472 e. The van der Waals surface area contributed by atoms with Gasteiger partial charge in [0.05, 0.1) is 39.6 Å². The quantitative estimate of drug-likeness (QED) is 0.0169. The Morgan fingerprint density at radius 1 is 0.337 bits per heavy atom. The summed E-state index contributed by atoms with van der Waals surface area (Å²) in [7, 11) is -9.55. The van der Waals surface area contributed by atoms with E-state index in [1.54, 1.807) is 0 Å². The number of ether oxygens (including phenoxy) is 4. The van der Waals surface area contributed by atoms with E-state index in [0.29, 0.717) is 45.5 Å². The van der Waals surface area contributed by atoms with Crippen LogP contribution in [0, 0.1) is 0 Å². The minimum Gasteiger partial charge on any atom is -0.457 e. The number of esters is 1. The Kier molecular flexibility index (Phi) is 69.8. The Morgan fingerprint density at radius 3 is 0.957 bits per heavy atom. The van der Waals surface area contributed by atoms with Crippen molar-refractivity contribution in [2.75, 3.05) is 59.5 Å². The summed E-state index contributed by atoms with van der Waals surface area (Å²) >= 11 is 0. The molecule has 0 fully saturated rings. The maximum Gasteiger partial charge on any atom is 0.472 e. The van der Waals surface area contributed by atoms with Crippen molar-refractivity contribution in [1.82, 2.24) is 0 Å². The Morgan fingerprint density at radius 2 is 0.609 bits per heavy atom. The summed E-state index contributed by atoms with van der Waals surface area (Å²) in [5.41, 5.74) is 0. The van der Waals surface area contributed by atoms with Crippen molar-refractivity contribution in [1.29, 1.82) is 0 Å². The Hall–Kier alpha value is -2.24. The molecule has 0 rings (SSSR count). The lowest BCUT2D eigenvalue weighted by molar-refractivity contribution is -0.154. The first-order chi connectivity index (χ1) is 45.0. The normalized spacial score (nSPS) is 14.3. The molecule has 0 heterocycles. The number of carbonyl (C=O) groups excluding carboxylic acids is 4. The third-order valence-electron chi connectivity index (χ3n) is 16.1. The van der Waals surface area contributed by atoms with Gasteiger partial charge in [-0.15, -0.1) is 0 Å². The molecule has 0 aromatic heterocycles. The number of aliphatic hydroxyl groups is 1. The number of carbonyl (C=O) groups is 4. The van der Waals surface area contributed by atoms with E-state index in [4.69, 9.17) is 37.0 Å². The first-order valence-corrected chi connectivity index (χ1v) is 40.1. The molecule has 0 amide bonds. The highest BCUT2D eigenvalue weighted by Crippen LogP contribution is 2.45. The van der Waals surface area contributed by atoms with Gasteiger partial charge in [0.1, 0.15) is 37.2 Å². The van der Waals surface area contributed by atoms with Gasteiger partial charge in [-0.1, -0.05) is 217 Å². The van der Waals surface area contributed by atoms with Crippen LogP contribution < -0.4 is 0 Å². The van der Waals surface area contributed by atoms with Crippen LogP contribution in [0.1, 0.15) is 328 Å². The molecule has 19 heteroatoms.